The molecule has 2 N–H and O–H groups in total. The highest BCUT2D eigenvalue weighted by Crippen LogP contribution is 2.37. The Morgan fingerprint density at radius 3 is 2.48 bits per heavy atom. The van der Waals surface area contributed by atoms with E-state index in [9.17, 15) is 4.79 Å². The van der Waals surface area contributed by atoms with Crippen molar-refractivity contribution < 1.29 is 4.79 Å². The minimum absolute atomic E-state index is 0.152. The minimum atomic E-state index is -0.527. The Hall–Kier alpha value is -1.32. The largest absolute Gasteiger partial charge is 0.341 e. The summed E-state index contributed by atoms with van der Waals surface area (Å²) in [5.74, 6) is -0.152. The first-order chi connectivity index (χ1) is 14.7. The molecule has 4 rings (SSSR count). The van der Waals surface area contributed by atoms with Gasteiger partial charge in [0, 0.05) is 19.7 Å². The van der Waals surface area contributed by atoms with Crippen molar-refractivity contribution in [1.29, 1.82) is 0 Å². The van der Waals surface area contributed by atoms with Crippen LogP contribution in [0.2, 0.25) is 10.0 Å². The van der Waals surface area contributed by atoms with Crippen LogP contribution in [-0.2, 0) is 19.6 Å². The number of carbonyl (C=O) groups excluding carboxylic acids is 1. The summed E-state index contributed by atoms with van der Waals surface area (Å²) in [5.41, 5.74) is 2.75. The molecule has 0 unspecified atom stereocenters. The zero-order valence-electron chi connectivity index (χ0n) is 17.0. The third-order valence-corrected chi connectivity index (χ3v) is 8.10. The number of nitrogens with one attached hydrogen (secondary N) is 2. The van der Waals surface area contributed by atoms with Gasteiger partial charge in [0.2, 0.25) is 0 Å². The first-order valence-corrected chi connectivity index (χ1v) is 12.1. The van der Waals surface area contributed by atoms with Crippen LogP contribution in [0.4, 0.5) is 0 Å². The van der Waals surface area contributed by atoms with Gasteiger partial charge in [-0.25, -0.2) is 0 Å². The molecule has 6 nitrogen and oxygen atoms in total. The molecule has 10 heteroatoms. The van der Waals surface area contributed by atoms with Crippen LogP contribution in [0, 0.1) is 0 Å². The smallest absolute Gasteiger partial charge is 0.268 e. The molecule has 0 atom stereocenters. The lowest BCUT2D eigenvalue weighted by Gasteiger charge is -2.39. The van der Waals surface area contributed by atoms with Gasteiger partial charge in [0.15, 0.2) is 0 Å². The molecule has 1 aliphatic rings. The Morgan fingerprint density at radius 2 is 1.87 bits per heavy atom. The summed E-state index contributed by atoms with van der Waals surface area (Å²) in [4.78, 5) is 13.5. The lowest BCUT2D eigenvalue weighted by atomic mass is 9.81. The Kier molecular flexibility index (Phi) is 6.57. The van der Waals surface area contributed by atoms with Gasteiger partial charge in [-0.2, -0.15) is 5.10 Å². The second kappa shape index (κ2) is 8.90. The Morgan fingerprint density at radius 1 is 1.16 bits per heavy atom. The van der Waals surface area contributed by atoms with Crippen LogP contribution < -0.4 is 10.6 Å². The summed E-state index contributed by atoms with van der Waals surface area (Å²) in [5, 5.41) is 11.9. The first kappa shape index (κ1) is 22.9. The lowest BCUT2D eigenvalue weighted by molar-refractivity contribution is 0.0863. The van der Waals surface area contributed by atoms with Gasteiger partial charge in [-0.1, -0.05) is 29.3 Å². The molecule has 0 spiro atoms. The Labute approximate surface area is 207 Å². The monoisotopic (exact) mass is 587 g/mol. The predicted octanol–water partition coefficient (Wildman–Crippen LogP) is 5.27. The second-order valence-corrected chi connectivity index (χ2v) is 10.1. The molecular formula is C21H21Br2Cl2N5O. The molecule has 0 aliphatic carbocycles. The molecule has 31 heavy (non-hydrogen) atoms. The zero-order valence-corrected chi connectivity index (χ0v) is 21.7. The van der Waals surface area contributed by atoms with Gasteiger partial charge >= 0.3 is 0 Å². The third kappa shape index (κ3) is 4.20. The van der Waals surface area contributed by atoms with Crippen LogP contribution in [-0.4, -0.2) is 33.3 Å². The highest BCUT2D eigenvalue weighted by atomic mass is 79.9. The number of benzene rings is 1. The molecular weight excluding hydrogens is 569 g/mol. The fourth-order valence-corrected chi connectivity index (χ4v) is 5.44. The van der Waals surface area contributed by atoms with E-state index in [1.807, 2.05) is 36.9 Å². The van der Waals surface area contributed by atoms with Crippen LogP contribution in [0.5, 0.6) is 0 Å². The van der Waals surface area contributed by atoms with Crippen molar-refractivity contribution in [2.24, 2.45) is 14.1 Å². The molecule has 3 aromatic rings. The van der Waals surface area contributed by atoms with Crippen molar-refractivity contribution in [2.75, 3.05) is 13.1 Å². The van der Waals surface area contributed by atoms with E-state index in [1.165, 1.54) is 0 Å². The third-order valence-electron chi connectivity index (χ3n) is 5.82. The van der Waals surface area contributed by atoms with Crippen LogP contribution >= 0.6 is 55.1 Å². The van der Waals surface area contributed by atoms with Crippen molar-refractivity contribution in [3.8, 4) is 11.3 Å². The highest BCUT2D eigenvalue weighted by Gasteiger charge is 2.37. The molecule has 0 bridgehead atoms. The zero-order chi connectivity index (χ0) is 22.3. The van der Waals surface area contributed by atoms with Gasteiger partial charge in [0.1, 0.15) is 5.69 Å². The summed E-state index contributed by atoms with van der Waals surface area (Å²) < 4.78 is 5.28. The number of rotatable bonds is 4. The van der Waals surface area contributed by atoms with Crippen molar-refractivity contribution in [3.05, 3.63) is 60.8 Å². The first-order valence-electron chi connectivity index (χ1n) is 9.75. The van der Waals surface area contributed by atoms with Crippen LogP contribution in [0.25, 0.3) is 11.3 Å². The molecule has 1 fully saturated rings. The number of hydrogen-bond donors (Lipinski definition) is 2. The number of aryl methyl sites for hydroxylation is 1. The number of nitrogens with zero attached hydrogens (tertiary/aromatic N) is 3. The molecule has 1 amide bonds. The molecule has 1 saturated heterocycles. The maximum absolute atomic E-state index is 13.5. The van der Waals surface area contributed by atoms with Crippen LogP contribution in [0.3, 0.4) is 0 Å². The second-order valence-electron chi connectivity index (χ2n) is 7.67. The molecule has 0 saturated carbocycles. The van der Waals surface area contributed by atoms with Gasteiger partial charge < -0.3 is 15.2 Å². The van der Waals surface area contributed by atoms with E-state index in [0.29, 0.717) is 15.7 Å². The normalized spacial score (nSPS) is 15.8. The summed E-state index contributed by atoms with van der Waals surface area (Å²) in [7, 11) is 3.73. The summed E-state index contributed by atoms with van der Waals surface area (Å²) in [6, 6.07) is 7.46. The number of hydrogen-bond acceptors (Lipinski definition) is 3. The van der Waals surface area contributed by atoms with Crippen molar-refractivity contribution in [2.45, 2.75) is 18.4 Å². The number of amides is 1. The molecule has 164 valence electrons. The fourth-order valence-electron chi connectivity index (χ4n) is 4.09. The van der Waals surface area contributed by atoms with Crippen molar-refractivity contribution in [1.82, 2.24) is 25.0 Å². The Balaban J connectivity index is 1.72. The number of aromatic nitrogens is 3. The summed E-state index contributed by atoms with van der Waals surface area (Å²) >= 11 is 19.6. The molecule has 1 aliphatic heterocycles. The van der Waals surface area contributed by atoms with E-state index in [1.54, 1.807) is 16.9 Å². The van der Waals surface area contributed by atoms with E-state index < -0.39 is 5.54 Å². The highest BCUT2D eigenvalue weighted by molar-refractivity contribution is 9.11. The number of carbonyl (C=O) groups is 1. The summed E-state index contributed by atoms with van der Waals surface area (Å²) in [6.45, 7) is 1.59. The fraction of sp³-hybridized carbons (Fsp3) is 0.333. The maximum Gasteiger partial charge on any atom is 0.268 e. The number of piperidine rings is 1. The average Bonchev–Trinajstić information content (AvgIpc) is 3.23. The van der Waals surface area contributed by atoms with E-state index in [4.69, 9.17) is 23.2 Å². The molecule has 3 heterocycles. The van der Waals surface area contributed by atoms with E-state index >= 15 is 0 Å². The Bertz CT molecular complexity index is 1130. The van der Waals surface area contributed by atoms with E-state index in [-0.39, 0.29) is 5.91 Å². The standard InChI is InChI=1S/C21H21Br2Cl2N5O/c1-29-17(10-13(19(29)23)18-14(22)11-27-30(18)2)20(31)28-21(5-7-26-8-6-21)12-3-4-15(24)16(25)9-12/h3-4,9-11,26H,5-8H2,1-2H3,(H,28,31). The van der Waals surface area contributed by atoms with Crippen molar-refractivity contribution >= 4 is 61.0 Å². The van der Waals surface area contributed by atoms with Gasteiger partial charge in [-0.15, -0.1) is 0 Å². The summed E-state index contributed by atoms with van der Waals surface area (Å²) in [6.07, 6.45) is 3.24. The van der Waals surface area contributed by atoms with Gasteiger partial charge in [0.05, 0.1) is 36.6 Å². The van der Waals surface area contributed by atoms with Crippen molar-refractivity contribution in [3.63, 3.8) is 0 Å². The van der Waals surface area contributed by atoms with Gasteiger partial charge in [-0.05, 0) is 81.6 Å². The number of halogens is 4. The SMILES string of the molecule is Cn1ncc(Br)c1-c1cc(C(=O)NC2(c3ccc(Cl)c(Cl)c3)CCNCC2)n(C)c1Br. The maximum atomic E-state index is 13.5. The quantitative estimate of drug-likeness (QED) is 0.436. The predicted molar refractivity (Wildman–Crippen MR) is 131 cm³/mol. The van der Waals surface area contributed by atoms with Gasteiger partial charge in [-0.3, -0.25) is 9.48 Å². The van der Waals surface area contributed by atoms with E-state index in [0.717, 1.165) is 51.8 Å². The molecule has 1 aromatic carbocycles. The van der Waals surface area contributed by atoms with Crippen LogP contribution in [0.15, 0.2) is 39.5 Å². The van der Waals surface area contributed by atoms with Gasteiger partial charge in [0.25, 0.3) is 5.91 Å². The van der Waals surface area contributed by atoms with Crippen LogP contribution in [0.1, 0.15) is 28.9 Å². The van der Waals surface area contributed by atoms with E-state index in [2.05, 4.69) is 47.6 Å². The minimum Gasteiger partial charge on any atom is -0.341 e. The topological polar surface area (TPSA) is 63.9 Å². The average molecular weight is 590 g/mol. The molecule has 2 aromatic heterocycles. The molecule has 0 radical (unpaired) electrons. The lowest BCUT2D eigenvalue weighted by Crippen LogP contribution is -2.52.